The summed E-state index contributed by atoms with van der Waals surface area (Å²) < 4.78 is 46.4. The van der Waals surface area contributed by atoms with Crippen molar-refractivity contribution in [1.29, 1.82) is 0 Å². The van der Waals surface area contributed by atoms with Crippen LogP contribution in [0.2, 0.25) is 0 Å². The van der Waals surface area contributed by atoms with Gasteiger partial charge >= 0.3 is 0 Å². The van der Waals surface area contributed by atoms with Gasteiger partial charge in [0, 0.05) is 17.9 Å². The van der Waals surface area contributed by atoms with Gasteiger partial charge in [0.05, 0.1) is 0 Å². The second-order valence-corrected chi connectivity index (χ2v) is 6.32. The van der Waals surface area contributed by atoms with Crippen molar-refractivity contribution < 1.29 is 16.8 Å². The molecule has 0 fully saturated rings. The maximum absolute atomic E-state index is 11.4. The quantitative estimate of drug-likeness (QED) is 0.736. The summed E-state index contributed by atoms with van der Waals surface area (Å²) >= 11 is 0. The molecule has 9 heteroatoms. The third-order valence-electron chi connectivity index (χ3n) is 1.74. The van der Waals surface area contributed by atoms with Crippen LogP contribution in [0, 0.1) is 0 Å². The molecule has 1 heterocycles. The predicted octanol–water partition coefficient (Wildman–Crippen LogP) is -0.351. The van der Waals surface area contributed by atoms with Gasteiger partial charge in [-0.25, -0.2) is 16.8 Å². The fraction of sp³-hybridized carbons (Fsp3) is 0.143. The molecule has 0 amide bonds. The molecule has 0 atom stereocenters. The molecule has 0 aliphatic rings. The topological polar surface area (TPSA) is 99.0 Å². The molecule has 88 valence electrons. The van der Waals surface area contributed by atoms with E-state index in [0.717, 1.165) is 4.57 Å². The van der Waals surface area contributed by atoms with Crippen LogP contribution in [0.5, 0.6) is 0 Å². The van der Waals surface area contributed by atoms with E-state index in [1.54, 1.807) is 0 Å². The molecule has 0 aliphatic heterocycles. The fourth-order valence-corrected chi connectivity index (χ4v) is 2.55. The molecule has 0 saturated carbocycles. The van der Waals surface area contributed by atoms with Crippen molar-refractivity contribution in [2.45, 2.75) is 10.3 Å². The van der Waals surface area contributed by atoms with Gasteiger partial charge in [-0.05, 0) is 0 Å². The van der Waals surface area contributed by atoms with E-state index in [9.17, 15) is 16.8 Å². The smallest absolute Gasteiger partial charge is 0.254 e. The molecule has 1 rings (SSSR count). The molecule has 1 aromatic rings. The van der Waals surface area contributed by atoms with Crippen molar-refractivity contribution >= 4 is 19.7 Å². The second kappa shape index (κ2) is 3.83. The summed E-state index contributed by atoms with van der Waals surface area (Å²) in [4.78, 5) is 0. The highest BCUT2D eigenvalue weighted by molar-refractivity contribution is 7.94. The minimum absolute atomic E-state index is 0.483. The van der Waals surface area contributed by atoms with Gasteiger partial charge in [-0.15, -0.1) is 10.2 Å². The minimum Gasteiger partial charge on any atom is -0.291 e. The normalized spacial score (nSPS) is 12.3. The Hall–Kier alpha value is -1.48. The number of hydrogen-bond acceptors (Lipinski definition) is 6. The number of nitrogens with zero attached hydrogens (tertiary/aromatic N) is 3. The van der Waals surface area contributed by atoms with Gasteiger partial charge in [0.15, 0.2) is 0 Å². The molecule has 0 aliphatic carbocycles. The Morgan fingerprint density at radius 3 is 1.56 bits per heavy atom. The standard InChI is InChI=1S/C7H9N3O4S2/c1-4-15(11,12)6-8-9-7(10(6)3)16(13,14)5-2/h4-5H,1-2H2,3H3. The largest absolute Gasteiger partial charge is 0.291 e. The van der Waals surface area contributed by atoms with Gasteiger partial charge in [0.25, 0.3) is 10.3 Å². The van der Waals surface area contributed by atoms with Gasteiger partial charge in [-0.2, -0.15) is 0 Å². The van der Waals surface area contributed by atoms with Crippen molar-refractivity contribution in [2.75, 3.05) is 0 Å². The van der Waals surface area contributed by atoms with Crippen LogP contribution < -0.4 is 0 Å². The Morgan fingerprint density at radius 2 is 1.31 bits per heavy atom. The zero-order valence-electron chi connectivity index (χ0n) is 8.36. The molecule has 0 unspecified atom stereocenters. The van der Waals surface area contributed by atoms with Crippen LogP contribution in [0.25, 0.3) is 0 Å². The number of sulfone groups is 2. The van der Waals surface area contributed by atoms with E-state index >= 15 is 0 Å². The lowest BCUT2D eigenvalue weighted by atomic mass is 11.1. The van der Waals surface area contributed by atoms with Crippen LogP contribution in [-0.4, -0.2) is 31.6 Å². The zero-order valence-corrected chi connectivity index (χ0v) is 9.99. The maximum atomic E-state index is 11.4. The molecule has 0 saturated heterocycles. The van der Waals surface area contributed by atoms with Gasteiger partial charge in [0.2, 0.25) is 19.7 Å². The monoisotopic (exact) mass is 263 g/mol. The van der Waals surface area contributed by atoms with E-state index in [0.29, 0.717) is 10.8 Å². The predicted molar refractivity (Wildman–Crippen MR) is 55.8 cm³/mol. The molecule has 16 heavy (non-hydrogen) atoms. The first-order valence-corrected chi connectivity index (χ1v) is 7.00. The first-order valence-electron chi connectivity index (χ1n) is 3.90. The zero-order chi connectivity index (χ0) is 12.6. The van der Waals surface area contributed by atoms with Crippen molar-refractivity contribution in [3.8, 4) is 0 Å². The summed E-state index contributed by atoms with van der Waals surface area (Å²) in [5, 5.41) is 6.97. The Morgan fingerprint density at radius 1 is 1.00 bits per heavy atom. The molecular formula is C7H9N3O4S2. The Balaban J connectivity index is 3.56. The lowest BCUT2D eigenvalue weighted by Gasteiger charge is -2.00. The number of rotatable bonds is 4. The van der Waals surface area contributed by atoms with Gasteiger partial charge in [-0.1, -0.05) is 13.2 Å². The van der Waals surface area contributed by atoms with Crippen LogP contribution >= 0.6 is 0 Å². The first kappa shape index (κ1) is 12.6. The van der Waals surface area contributed by atoms with E-state index in [1.165, 1.54) is 7.05 Å². The number of hydrogen-bond donors (Lipinski definition) is 0. The van der Waals surface area contributed by atoms with Gasteiger partial charge < -0.3 is 0 Å². The summed E-state index contributed by atoms with van der Waals surface area (Å²) in [7, 11) is -6.42. The van der Waals surface area contributed by atoms with Crippen molar-refractivity contribution in [1.82, 2.24) is 14.8 Å². The van der Waals surface area contributed by atoms with E-state index in [1.807, 2.05) is 0 Å². The molecular weight excluding hydrogens is 254 g/mol. The van der Waals surface area contributed by atoms with E-state index in [2.05, 4.69) is 23.4 Å². The van der Waals surface area contributed by atoms with Crippen LogP contribution in [0.15, 0.2) is 34.3 Å². The minimum atomic E-state index is -3.82. The van der Waals surface area contributed by atoms with Crippen molar-refractivity contribution in [2.24, 2.45) is 7.05 Å². The average molecular weight is 263 g/mol. The maximum Gasteiger partial charge on any atom is 0.254 e. The Kier molecular flexibility index (Phi) is 3.01. The van der Waals surface area contributed by atoms with E-state index in [-0.39, 0.29) is 0 Å². The third-order valence-corrected chi connectivity index (χ3v) is 4.35. The molecule has 1 aromatic heterocycles. The van der Waals surface area contributed by atoms with Gasteiger partial charge in [-0.3, -0.25) is 4.57 Å². The van der Waals surface area contributed by atoms with E-state index < -0.39 is 30.0 Å². The average Bonchev–Trinajstić information content (AvgIpc) is 2.61. The summed E-state index contributed by atoms with van der Waals surface area (Å²) in [6, 6.07) is 0. The van der Waals surface area contributed by atoms with E-state index in [4.69, 9.17) is 0 Å². The lowest BCUT2D eigenvalue weighted by molar-refractivity contribution is 0.572. The van der Waals surface area contributed by atoms with Gasteiger partial charge in [0.1, 0.15) is 0 Å². The van der Waals surface area contributed by atoms with Crippen molar-refractivity contribution in [3.05, 3.63) is 24.0 Å². The SMILES string of the molecule is C=CS(=O)(=O)c1nnc(S(=O)(=O)C=C)n1C. The third kappa shape index (κ3) is 1.91. The Bertz CT molecular complexity index is 584. The van der Waals surface area contributed by atoms with Crippen LogP contribution in [0.1, 0.15) is 0 Å². The number of aromatic nitrogens is 3. The fourth-order valence-electron chi connectivity index (χ4n) is 0.946. The summed E-state index contributed by atoms with van der Waals surface area (Å²) in [5.74, 6) is 0. The molecule has 0 spiro atoms. The molecule has 0 radical (unpaired) electrons. The van der Waals surface area contributed by atoms with Crippen LogP contribution in [-0.2, 0) is 26.7 Å². The molecule has 7 nitrogen and oxygen atoms in total. The molecule has 0 aromatic carbocycles. The summed E-state index contributed by atoms with van der Waals surface area (Å²) in [5.41, 5.74) is 0. The highest BCUT2D eigenvalue weighted by Gasteiger charge is 2.25. The highest BCUT2D eigenvalue weighted by atomic mass is 32.2. The van der Waals surface area contributed by atoms with Crippen LogP contribution in [0.4, 0.5) is 0 Å². The van der Waals surface area contributed by atoms with Crippen LogP contribution in [0.3, 0.4) is 0 Å². The molecule has 0 bridgehead atoms. The molecule has 0 N–H and O–H groups in total. The summed E-state index contributed by atoms with van der Waals surface area (Å²) in [6.45, 7) is 6.21. The Labute approximate surface area is 93.0 Å². The first-order chi connectivity index (χ1) is 7.26. The summed E-state index contributed by atoms with van der Waals surface area (Å²) in [6.07, 6.45) is 0. The second-order valence-electron chi connectivity index (χ2n) is 2.75. The lowest BCUT2D eigenvalue weighted by Crippen LogP contribution is -2.09. The highest BCUT2D eigenvalue weighted by Crippen LogP contribution is 2.14. The van der Waals surface area contributed by atoms with Crippen molar-refractivity contribution in [3.63, 3.8) is 0 Å².